The van der Waals surface area contributed by atoms with E-state index in [4.69, 9.17) is 4.74 Å². The SMILES string of the molecule is COC(=O)c1ccc2c(c1)N(C)c1ccccc1S2. The van der Waals surface area contributed by atoms with Gasteiger partial charge < -0.3 is 9.64 Å². The van der Waals surface area contributed by atoms with Gasteiger partial charge in [0.05, 0.1) is 24.0 Å². The molecule has 0 bridgehead atoms. The third-order valence-corrected chi connectivity index (χ3v) is 4.32. The highest BCUT2D eigenvalue weighted by molar-refractivity contribution is 7.99. The molecule has 2 aromatic rings. The van der Waals surface area contributed by atoms with Crippen molar-refractivity contribution in [3.05, 3.63) is 48.0 Å². The van der Waals surface area contributed by atoms with E-state index in [0.29, 0.717) is 5.56 Å². The van der Waals surface area contributed by atoms with Gasteiger partial charge in [-0.25, -0.2) is 4.79 Å². The summed E-state index contributed by atoms with van der Waals surface area (Å²) in [7, 11) is 3.41. The second-order valence-corrected chi connectivity index (χ2v) is 5.39. The molecule has 0 saturated heterocycles. The average Bonchev–Trinajstić information content (AvgIpc) is 2.46. The number of anilines is 2. The fraction of sp³-hybridized carbons (Fsp3) is 0.133. The van der Waals surface area contributed by atoms with E-state index in [-0.39, 0.29) is 5.97 Å². The molecule has 0 aliphatic carbocycles. The van der Waals surface area contributed by atoms with Gasteiger partial charge in [-0.15, -0.1) is 0 Å². The number of methoxy groups -OCH3 is 1. The van der Waals surface area contributed by atoms with E-state index in [1.54, 1.807) is 17.8 Å². The zero-order valence-electron chi connectivity index (χ0n) is 10.7. The van der Waals surface area contributed by atoms with Crippen molar-refractivity contribution in [1.82, 2.24) is 0 Å². The Balaban J connectivity index is 2.09. The zero-order chi connectivity index (χ0) is 13.4. The number of esters is 1. The van der Waals surface area contributed by atoms with E-state index in [0.717, 1.165) is 16.3 Å². The molecule has 0 aromatic heterocycles. The molecule has 0 spiro atoms. The first-order valence-electron chi connectivity index (χ1n) is 5.93. The van der Waals surface area contributed by atoms with Gasteiger partial charge in [-0.2, -0.15) is 0 Å². The molecule has 0 unspecified atom stereocenters. The van der Waals surface area contributed by atoms with Crippen LogP contribution in [-0.4, -0.2) is 20.1 Å². The van der Waals surface area contributed by atoms with E-state index >= 15 is 0 Å². The molecule has 4 heteroatoms. The van der Waals surface area contributed by atoms with Gasteiger partial charge >= 0.3 is 5.97 Å². The number of fused-ring (bicyclic) bond motifs is 2. The average molecular weight is 271 g/mol. The zero-order valence-corrected chi connectivity index (χ0v) is 11.5. The summed E-state index contributed by atoms with van der Waals surface area (Å²) in [6, 6.07) is 13.9. The van der Waals surface area contributed by atoms with Crippen LogP contribution in [0.4, 0.5) is 11.4 Å². The topological polar surface area (TPSA) is 29.5 Å². The van der Waals surface area contributed by atoms with Crippen molar-refractivity contribution in [2.45, 2.75) is 9.79 Å². The van der Waals surface area contributed by atoms with Gasteiger partial charge in [0, 0.05) is 16.8 Å². The van der Waals surface area contributed by atoms with Gasteiger partial charge in [0.1, 0.15) is 0 Å². The molecule has 0 amide bonds. The Morgan fingerprint density at radius 2 is 1.84 bits per heavy atom. The largest absolute Gasteiger partial charge is 0.465 e. The maximum absolute atomic E-state index is 11.6. The molecular weight excluding hydrogens is 258 g/mol. The second-order valence-electron chi connectivity index (χ2n) is 4.30. The Labute approximate surface area is 116 Å². The molecule has 1 heterocycles. The van der Waals surface area contributed by atoms with Crippen LogP contribution >= 0.6 is 11.8 Å². The molecular formula is C15H13NO2S. The highest BCUT2D eigenvalue weighted by Gasteiger charge is 2.21. The second kappa shape index (κ2) is 4.63. The predicted molar refractivity (Wildman–Crippen MR) is 76.4 cm³/mol. The molecule has 1 aliphatic heterocycles. The fourth-order valence-electron chi connectivity index (χ4n) is 2.18. The molecule has 0 radical (unpaired) electrons. The number of hydrogen-bond acceptors (Lipinski definition) is 4. The van der Waals surface area contributed by atoms with Crippen molar-refractivity contribution in [2.75, 3.05) is 19.1 Å². The summed E-state index contributed by atoms with van der Waals surface area (Å²) in [5.41, 5.74) is 2.77. The maximum Gasteiger partial charge on any atom is 0.337 e. The number of benzene rings is 2. The van der Waals surface area contributed by atoms with Crippen LogP contribution in [0.2, 0.25) is 0 Å². The minimum atomic E-state index is -0.306. The van der Waals surface area contributed by atoms with E-state index in [1.165, 1.54) is 12.0 Å². The number of para-hydroxylation sites is 1. The molecule has 0 saturated carbocycles. The standard InChI is InChI=1S/C15H13NO2S/c1-16-11-5-3-4-6-13(11)19-14-8-7-10(9-12(14)16)15(17)18-2/h3-9H,1-2H3. The van der Waals surface area contributed by atoms with Gasteiger partial charge in [0.15, 0.2) is 0 Å². The molecule has 1 aliphatic rings. The Hall–Kier alpha value is -1.94. The molecule has 19 heavy (non-hydrogen) atoms. The first-order valence-corrected chi connectivity index (χ1v) is 6.75. The first kappa shape index (κ1) is 12.1. The van der Waals surface area contributed by atoms with Gasteiger partial charge in [-0.1, -0.05) is 23.9 Å². The molecule has 3 rings (SSSR count). The van der Waals surface area contributed by atoms with Crippen LogP contribution < -0.4 is 4.90 Å². The van der Waals surface area contributed by atoms with Crippen LogP contribution in [0.3, 0.4) is 0 Å². The Morgan fingerprint density at radius 1 is 1.11 bits per heavy atom. The Kier molecular flexibility index (Phi) is 2.95. The van der Waals surface area contributed by atoms with Crippen molar-refractivity contribution in [3.63, 3.8) is 0 Å². The molecule has 0 atom stereocenters. The number of hydrogen-bond donors (Lipinski definition) is 0. The summed E-state index contributed by atoms with van der Waals surface area (Å²) in [6.07, 6.45) is 0. The molecule has 2 aromatic carbocycles. The minimum Gasteiger partial charge on any atom is -0.465 e. The van der Waals surface area contributed by atoms with Crippen molar-refractivity contribution in [2.24, 2.45) is 0 Å². The van der Waals surface area contributed by atoms with Gasteiger partial charge in [-0.05, 0) is 30.3 Å². The predicted octanol–water partition coefficient (Wildman–Crippen LogP) is 3.71. The lowest BCUT2D eigenvalue weighted by atomic mass is 10.1. The molecule has 3 nitrogen and oxygen atoms in total. The van der Waals surface area contributed by atoms with Crippen molar-refractivity contribution < 1.29 is 9.53 Å². The van der Waals surface area contributed by atoms with E-state index in [2.05, 4.69) is 17.0 Å². The van der Waals surface area contributed by atoms with Gasteiger partial charge in [-0.3, -0.25) is 0 Å². The van der Waals surface area contributed by atoms with Crippen LogP contribution in [0, 0.1) is 0 Å². The summed E-state index contributed by atoms with van der Waals surface area (Å²) in [4.78, 5) is 16.1. The lowest BCUT2D eigenvalue weighted by molar-refractivity contribution is 0.0600. The lowest BCUT2D eigenvalue weighted by Gasteiger charge is -2.29. The summed E-state index contributed by atoms with van der Waals surface area (Å²) in [5, 5.41) is 0. The van der Waals surface area contributed by atoms with E-state index in [1.807, 2.05) is 31.3 Å². The third-order valence-electron chi connectivity index (χ3n) is 3.19. The van der Waals surface area contributed by atoms with Gasteiger partial charge in [0.25, 0.3) is 0 Å². The highest BCUT2D eigenvalue weighted by Crippen LogP contribution is 2.47. The minimum absolute atomic E-state index is 0.306. The van der Waals surface area contributed by atoms with Crippen LogP contribution in [0.1, 0.15) is 10.4 Å². The fourth-order valence-corrected chi connectivity index (χ4v) is 3.31. The van der Waals surface area contributed by atoms with Crippen molar-refractivity contribution in [3.8, 4) is 0 Å². The summed E-state index contributed by atoms with van der Waals surface area (Å²) >= 11 is 1.72. The number of carbonyl (C=O) groups excluding carboxylic acids is 1. The summed E-state index contributed by atoms with van der Waals surface area (Å²) in [6.45, 7) is 0. The van der Waals surface area contributed by atoms with E-state index < -0.39 is 0 Å². The monoisotopic (exact) mass is 271 g/mol. The smallest absolute Gasteiger partial charge is 0.337 e. The van der Waals surface area contributed by atoms with Crippen molar-refractivity contribution >= 4 is 29.1 Å². The summed E-state index contributed by atoms with van der Waals surface area (Å²) in [5.74, 6) is -0.306. The van der Waals surface area contributed by atoms with Crippen LogP contribution in [0.5, 0.6) is 0 Å². The van der Waals surface area contributed by atoms with Crippen LogP contribution in [-0.2, 0) is 4.74 Å². The third kappa shape index (κ3) is 1.98. The number of carbonyl (C=O) groups is 1. The number of rotatable bonds is 1. The molecule has 0 N–H and O–H groups in total. The van der Waals surface area contributed by atoms with Crippen LogP contribution in [0.15, 0.2) is 52.3 Å². The summed E-state index contributed by atoms with van der Waals surface area (Å²) < 4.78 is 4.77. The highest BCUT2D eigenvalue weighted by atomic mass is 32.2. The molecule has 0 fully saturated rings. The van der Waals surface area contributed by atoms with E-state index in [9.17, 15) is 4.79 Å². The van der Waals surface area contributed by atoms with Crippen molar-refractivity contribution in [1.29, 1.82) is 0 Å². The normalized spacial score (nSPS) is 12.6. The Bertz CT molecular complexity index is 654. The Morgan fingerprint density at radius 3 is 2.63 bits per heavy atom. The van der Waals surface area contributed by atoms with Crippen LogP contribution in [0.25, 0.3) is 0 Å². The molecule has 96 valence electrons. The number of ether oxygens (including phenoxy) is 1. The maximum atomic E-state index is 11.6. The quantitative estimate of drug-likeness (QED) is 0.740. The van der Waals surface area contributed by atoms with Gasteiger partial charge in [0.2, 0.25) is 0 Å². The first-order chi connectivity index (χ1) is 9.20. The number of nitrogens with zero attached hydrogens (tertiary/aromatic N) is 1. The lowest BCUT2D eigenvalue weighted by Crippen LogP contribution is -2.15.